The molecule has 232 valence electrons. The van der Waals surface area contributed by atoms with Gasteiger partial charge in [-0.25, -0.2) is 27.0 Å². The van der Waals surface area contributed by atoms with Crippen LogP contribution in [0.25, 0.3) is 0 Å². The van der Waals surface area contributed by atoms with Crippen molar-refractivity contribution in [2.75, 3.05) is 48.3 Å². The summed E-state index contributed by atoms with van der Waals surface area (Å²) < 4.78 is 67.4. The number of benzene rings is 2. The smallest absolute Gasteiger partial charge is 0.414 e. The highest BCUT2D eigenvalue weighted by Gasteiger charge is 2.31. The summed E-state index contributed by atoms with van der Waals surface area (Å²) in [6.45, 7) is 7.76. The summed E-state index contributed by atoms with van der Waals surface area (Å²) in [5.41, 5.74) is 0.0308. The first-order valence-corrected chi connectivity index (χ1v) is 14.9. The van der Waals surface area contributed by atoms with Crippen molar-refractivity contribution in [2.45, 2.75) is 39.0 Å². The summed E-state index contributed by atoms with van der Waals surface area (Å²) in [6, 6.07) is 6.63. The number of rotatable bonds is 12. The van der Waals surface area contributed by atoms with Gasteiger partial charge in [-0.15, -0.1) is 0 Å². The third-order valence-electron chi connectivity index (χ3n) is 6.12. The maximum Gasteiger partial charge on any atom is 0.414 e. The zero-order chi connectivity index (χ0) is 31.9. The number of nitrogens with one attached hydrogen (secondary N) is 1. The number of carbonyl (C=O) groups is 2. The van der Waals surface area contributed by atoms with Gasteiger partial charge in [0.25, 0.3) is 10.0 Å². The van der Waals surface area contributed by atoms with Crippen molar-refractivity contribution in [3.05, 3.63) is 54.2 Å². The van der Waals surface area contributed by atoms with Gasteiger partial charge in [0.05, 0.1) is 11.9 Å². The molecular weight excluding hydrogens is 586 g/mol. The lowest BCUT2D eigenvalue weighted by Crippen LogP contribution is -2.33. The number of anilines is 4. The molecule has 1 amide bonds. The van der Waals surface area contributed by atoms with E-state index in [0.717, 1.165) is 16.4 Å². The molecule has 0 unspecified atom stereocenters. The minimum atomic E-state index is -4.58. The molecule has 0 bridgehead atoms. The number of hydrogen-bond donors (Lipinski definition) is 1. The molecule has 3 aromatic rings. The van der Waals surface area contributed by atoms with Gasteiger partial charge in [0, 0.05) is 46.2 Å². The Morgan fingerprint density at radius 3 is 2.26 bits per heavy atom. The summed E-state index contributed by atoms with van der Waals surface area (Å²) in [5, 5.41) is 3.00. The second kappa shape index (κ2) is 14.1. The summed E-state index contributed by atoms with van der Waals surface area (Å²) in [7, 11) is -1.62. The number of ether oxygens (including phenoxy) is 2. The van der Waals surface area contributed by atoms with Crippen molar-refractivity contribution in [3.63, 3.8) is 0 Å². The number of sulfonamides is 1. The predicted octanol–water partition coefficient (Wildman–Crippen LogP) is 4.94. The van der Waals surface area contributed by atoms with E-state index in [1.807, 2.05) is 18.7 Å². The zero-order valence-electron chi connectivity index (χ0n) is 24.7. The first kappa shape index (κ1) is 33.0. The third-order valence-corrected chi connectivity index (χ3v) is 8.04. The summed E-state index contributed by atoms with van der Waals surface area (Å²) in [4.78, 5) is 35.9. The van der Waals surface area contributed by atoms with Crippen LogP contribution in [0.1, 0.15) is 34.1 Å². The van der Waals surface area contributed by atoms with Gasteiger partial charge in [-0.1, -0.05) is 13.0 Å². The molecule has 1 heterocycles. The van der Waals surface area contributed by atoms with E-state index in [1.54, 1.807) is 6.92 Å². The van der Waals surface area contributed by atoms with Crippen LogP contribution < -0.4 is 24.0 Å². The molecule has 0 saturated heterocycles. The largest absolute Gasteiger partial charge is 0.420 e. The number of hydrogen-bond acceptors (Lipinski definition) is 10. The van der Waals surface area contributed by atoms with Gasteiger partial charge in [0.15, 0.2) is 17.3 Å². The Kier molecular flexibility index (Phi) is 10.8. The van der Waals surface area contributed by atoms with Gasteiger partial charge >= 0.3 is 12.1 Å². The molecule has 0 radical (unpaired) electrons. The molecule has 0 aliphatic heterocycles. The van der Waals surface area contributed by atoms with Crippen LogP contribution in [-0.2, 0) is 14.8 Å². The van der Waals surface area contributed by atoms with E-state index in [1.165, 1.54) is 50.3 Å². The molecule has 0 atom stereocenters. The van der Waals surface area contributed by atoms with E-state index in [4.69, 9.17) is 9.47 Å². The van der Waals surface area contributed by atoms with Gasteiger partial charge in [-0.3, -0.25) is 9.10 Å². The van der Waals surface area contributed by atoms with Crippen LogP contribution in [0.3, 0.4) is 0 Å². The Labute approximate surface area is 249 Å². The lowest BCUT2D eigenvalue weighted by Gasteiger charge is -2.27. The molecule has 0 aliphatic rings. The Balaban J connectivity index is 2.24. The first-order valence-electron chi connectivity index (χ1n) is 13.5. The Hall–Kier alpha value is -4.53. The molecule has 2 aromatic carbocycles. The van der Waals surface area contributed by atoms with E-state index in [-0.39, 0.29) is 47.6 Å². The number of carbonyl (C=O) groups excluding carboxylic acids is 2. The van der Waals surface area contributed by atoms with Crippen LogP contribution in [0.2, 0.25) is 0 Å². The molecule has 43 heavy (non-hydrogen) atoms. The molecule has 12 nitrogen and oxygen atoms in total. The van der Waals surface area contributed by atoms with Crippen LogP contribution in [0, 0.1) is 11.6 Å². The number of amides is 1. The topological polar surface area (TPSA) is 134 Å². The average Bonchev–Trinajstić information content (AvgIpc) is 2.96. The van der Waals surface area contributed by atoms with Crippen molar-refractivity contribution in [1.82, 2.24) is 14.9 Å². The second-order valence-electron chi connectivity index (χ2n) is 9.17. The Bertz CT molecular complexity index is 1580. The first-order chi connectivity index (χ1) is 20.4. The number of aromatic nitrogens is 2. The fourth-order valence-corrected chi connectivity index (χ4v) is 5.39. The van der Waals surface area contributed by atoms with Gasteiger partial charge < -0.3 is 24.6 Å². The van der Waals surface area contributed by atoms with E-state index in [0.29, 0.717) is 19.2 Å². The maximum absolute atomic E-state index is 14.7. The van der Waals surface area contributed by atoms with Crippen molar-refractivity contribution in [2.24, 2.45) is 0 Å². The second-order valence-corrected chi connectivity index (χ2v) is 11.0. The van der Waals surface area contributed by atoms with Crippen molar-refractivity contribution >= 4 is 45.2 Å². The standard InChI is InChI=1S/C28H34F2N6O6S/c1-7-24(37)42-25-20(12-11-13-22(25)41-28(38)34(5)6)32-26-21(17-31-27(33-26)35(8-2)9-3)36(10-4)43(39,40)23-15-14-18(29)16-19(23)30/h11-17H,7-10H2,1-6H3,(H,31,32,33). The SMILES string of the molecule is CCC(=O)Oc1c(Nc2nc(N(CC)CC)ncc2N(CC)S(=O)(=O)c2ccc(F)cc2F)cccc1OC(=O)N(C)C. The van der Waals surface area contributed by atoms with Crippen molar-refractivity contribution in [1.29, 1.82) is 0 Å². The maximum atomic E-state index is 14.7. The zero-order valence-corrected chi connectivity index (χ0v) is 25.5. The van der Waals surface area contributed by atoms with Crippen LogP contribution in [-0.4, -0.2) is 69.1 Å². The lowest BCUT2D eigenvalue weighted by atomic mass is 10.2. The van der Waals surface area contributed by atoms with E-state index >= 15 is 0 Å². The molecule has 15 heteroatoms. The number of para-hydroxylation sites is 1. The average molecular weight is 621 g/mol. The minimum Gasteiger partial charge on any atom is -0.420 e. The minimum absolute atomic E-state index is 0.00531. The molecule has 1 N–H and O–H groups in total. The molecule has 0 fully saturated rings. The van der Waals surface area contributed by atoms with Crippen molar-refractivity contribution < 1.29 is 36.3 Å². The molecule has 1 aromatic heterocycles. The van der Waals surface area contributed by atoms with Crippen LogP contribution in [0.5, 0.6) is 11.5 Å². The Morgan fingerprint density at radius 2 is 1.67 bits per heavy atom. The molecule has 3 rings (SSSR count). The van der Waals surface area contributed by atoms with Crippen molar-refractivity contribution in [3.8, 4) is 11.5 Å². The molecule has 0 saturated carbocycles. The van der Waals surface area contributed by atoms with Crippen LogP contribution in [0.4, 0.5) is 36.7 Å². The predicted molar refractivity (Wildman–Crippen MR) is 158 cm³/mol. The molecule has 0 spiro atoms. The van der Waals surface area contributed by atoms with Gasteiger partial charge in [0.2, 0.25) is 5.95 Å². The number of halogens is 2. The van der Waals surface area contributed by atoms with E-state index in [9.17, 15) is 26.8 Å². The number of esters is 1. The number of nitrogens with zero attached hydrogens (tertiary/aromatic N) is 5. The van der Waals surface area contributed by atoms with Gasteiger partial charge in [-0.05, 0) is 45.0 Å². The summed E-state index contributed by atoms with van der Waals surface area (Å²) in [6.07, 6.45) is 0.534. The Morgan fingerprint density at radius 1 is 0.977 bits per heavy atom. The fourth-order valence-electron chi connectivity index (χ4n) is 3.87. The molecule has 0 aliphatic carbocycles. The highest BCUT2D eigenvalue weighted by Crippen LogP contribution is 2.40. The fraction of sp³-hybridized carbons (Fsp3) is 0.357. The quantitative estimate of drug-likeness (QED) is 0.219. The normalized spacial score (nSPS) is 11.1. The monoisotopic (exact) mass is 620 g/mol. The van der Waals surface area contributed by atoms with Gasteiger partial charge in [0.1, 0.15) is 22.2 Å². The third kappa shape index (κ3) is 7.46. The lowest BCUT2D eigenvalue weighted by molar-refractivity contribution is -0.134. The summed E-state index contributed by atoms with van der Waals surface area (Å²) >= 11 is 0. The van der Waals surface area contributed by atoms with Crippen LogP contribution in [0.15, 0.2) is 47.5 Å². The summed E-state index contributed by atoms with van der Waals surface area (Å²) in [5.74, 6) is -2.86. The van der Waals surface area contributed by atoms with Crippen LogP contribution >= 0.6 is 0 Å². The highest BCUT2D eigenvalue weighted by atomic mass is 32.2. The van der Waals surface area contributed by atoms with Gasteiger partial charge in [-0.2, -0.15) is 4.98 Å². The van der Waals surface area contributed by atoms with E-state index in [2.05, 4.69) is 15.3 Å². The molecular formula is C28H34F2N6O6S. The highest BCUT2D eigenvalue weighted by molar-refractivity contribution is 7.92. The van der Waals surface area contributed by atoms with E-state index < -0.39 is 38.6 Å².